The molecule has 2 rings (SSSR count). The number of thiophene rings is 1. The van der Waals surface area contributed by atoms with Gasteiger partial charge in [-0.15, -0.1) is 22.9 Å². The second kappa shape index (κ2) is 4.74. The van der Waals surface area contributed by atoms with Crippen molar-refractivity contribution in [1.82, 2.24) is 0 Å². The van der Waals surface area contributed by atoms with Crippen molar-refractivity contribution < 1.29 is 4.74 Å². The third kappa shape index (κ3) is 2.57. The first-order valence-corrected chi connectivity index (χ1v) is 7.14. The van der Waals surface area contributed by atoms with E-state index in [1.54, 1.807) is 18.4 Å². The van der Waals surface area contributed by atoms with Gasteiger partial charge in [-0.2, -0.15) is 0 Å². The van der Waals surface area contributed by atoms with Gasteiger partial charge in [0.2, 0.25) is 0 Å². The van der Waals surface area contributed by atoms with Crippen molar-refractivity contribution in [2.24, 2.45) is 0 Å². The third-order valence-electron chi connectivity index (χ3n) is 3.15. The van der Waals surface area contributed by atoms with E-state index in [1.165, 1.54) is 11.3 Å². The number of rotatable bonds is 4. The minimum atomic E-state index is 0.0584. The maximum atomic E-state index is 6.40. The van der Waals surface area contributed by atoms with Gasteiger partial charge in [-0.3, -0.25) is 0 Å². The zero-order chi connectivity index (χ0) is 10.9. The Balaban J connectivity index is 1.99. The number of alkyl halides is 1. The minimum Gasteiger partial charge on any atom is -0.378 e. The van der Waals surface area contributed by atoms with Crippen LogP contribution in [0.25, 0.3) is 0 Å². The third-order valence-corrected chi connectivity index (χ3v) is 5.41. The van der Waals surface area contributed by atoms with Crippen LogP contribution in [0.5, 0.6) is 0 Å². The van der Waals surface area contributed by atoms with Gasteiger partial charge >= 0.3 is 0 Å². The molecule has 0 spiro atoms. The maximum absolute atomic E-state index is 6.40. The monoisotopic (exact) mass is 308 g/mol. The fourth-order valence-corrected chi connectivity index (χ4v) is 3.88. The lowest BCUT2D eigenvalue weighted by Crippen LogP contribution is -2.39. The van der Waals surface area contributed by atoms with Crippen LogP contribution in [0.4, 0.5) is 0 Å². The topological polar surface area (TPSA) is 9.23 Å². The lowest BCUT2D eigenvalue weighted by molar-refractivity contribution is -0.0778. The summed E-state index contributed by atoms with van der Waals surface area (Å²) in [5, 5.41) is 0.0848. The molecule has 1 heterocycles. The highest BCUT2D eigenvalue weighted by Crippen LogP contribution is 2.45. The molecule has 1 aliphatic rings. The van der Waals surface area contributed by atoms with Crippen molar-refractivity contribution in [2.75, 3.05) is 7.11 Å². The molecule has 1 nitrogen and oxygen atoms in total. The van der Waals surface area contributed by atoms with Gasteiger partial charge in [-0.05, 0) is 53.7 Å². The van der Waals surface area contributed by atoms with Crippen molar-refractivity contribution in [2.45, 2.75) is 36.7 Å². The number of hydrogen-bond acceptors (Lipinski definition) is 2. The Morgan fingerprint density at radius 1 is 1.60 bits per heavy atom. The van der Waals surface area contributed by atoms with E-state index in [2.05, 4.69) is 28.1 Å². The Hall–Kier alpha value is 0.430. The number of halogens is 2. The molecule has 4 heteroatoms. The molecule has 84 valence electrons. The van der Waals surface area contributed by atoms with Crippen molar-refractivity contribution in [3.63, 3.8) is 0 Å². The van der Waals surface area contributed by atoms with E-state index in [0.29, 0.717) is 0 Å². The zero-order valence-corrected chi connectivity index (χ0v) is 11.8. The lowest BCUT2D eigenvalue weighted by Gasteiger charge is -2.41. The summed E-state index contributed by atoms with van der Waals surface area (Å²) in [5.74, 6) is 0. The van der Waals surface area contributed by atoms with Crippen LogP contribution < -0.4 is 0 Å². The van der Waals surface area contributed by atoms with Gasteiger partial charge in [0, 0.05) is 12.0 Å². The first kappa shape index (κ1) is 11.9. The van der Waals surface area contributed by atoms with Gasteiger partial charge in [-0.25, -0.2) is 0 Å². The molecule has 1 fully saturated rings. The van der Waals surface area contributed by atoms with Crippen LogP contribution in [0.1, 0.15) is 35.9 Å². The summed E-state index contributed by atoms with van der Waals surface area (Å²) in [6.45, 7) is 0. The van der Waals surface area contributed by atoms with E-state index in [-0.39, 0.29) is 11.0 Å². The van der Waals surface area contributed by atoms with E-state index in [1.807, 2.05) is 0 Å². The summed E-state index contributed by atoms with van der Waals surface area (Å²) in [4.78, 5) is 1.23. The normalized spacial score (nSPS) is 21.0. The van der Waals surface area contributed by atoms with Gasteiger partial charge in [-0.1, -0.05) is 0 Å². The van der Waals surface area contributed by atoms with E-state index in [0.717, 1.165) is 23.0 Å². The van der Waals surface area contributed by atoms with Gasteiger partial charge in [0.1, 0.15) is 0 Å². The second-order valence-electron chi connectivity index (χ2n) is 4.05. The predicted octanol–water partition coefficient (Wildman–Crippen LogP) is 4.75. The molecule has 0 saturated heterocycles. The van der Waals surface area contributed by atoms with Crippen LogP contribution in [-0.4, -0.2) is 12.7 Å². The van der Waals surface area contributed by atoms with E-state index in [9.17, 15) is 0 Å². The molecule has 1 atom stereocenters. The van der Waals surface area contributed by atoms with E-state index in [4.69, 9.17) is 16.3 Å². The molecular weight excluding hydrogens is 296 g/mol. The van der Waals surface area contributed by atoms with Crippen molar-refractivity contribution in [3.05, 3.63) is 20.8 Å². The molecule has 1 unspecified atom stereocenters. The number of hydrogen-bond donors (Lipinski definition) is 0. The van der Waals surface area contributed by atoms with Crippen molar-refractivity contribution >= 4 is 38.9 Å². The molecule has 0 aliphatic heterocycles. The van der Waals surface area contributed by atoms with E-state index < -0.39 is 0 Å². The predicted molar refractivity (Wildman–Crippen MR) is 68.8 cm³/mol. The zero-order valence-electron chi connectivity index (χ0n) is 8.63. The first-order chi connectivity index (χ1) is 7.15. The molecule has 0 aromatic carbocycles. The highest BCUT2D eigenvalue weighted by Gasteiger charge is 2.39. The van der Waals surface area contributed by atoms with Gasteiger partial charge < -0.3 is 4.74 Å². The largest absolute Gasteiger partial charge is 0.378 e. The van der Waals surface area contributed by atoms with Gasteiger partial charge in [0.25, 0.3) is 0 Å². The van der Waals surface area contributed by atoms with E-state index >= 15 is 0 Å². The molecule has 1 aromatic heterocycles. The summed E-state index contributed by atoms with van der Waals surface area (Å²) in [5.41, 5.74) is 0.0584. The summed E-state index contributed by atoms with van der Waals surface area (Å²) < 4.78 is 6.72. The molecule has 1 saturated carbocycles. The van der Waals surface area contributed by atoms with Crippen LogP contribution >= 0.6 is 38.9 Å². The molecule has 0 amide bonds. The molecule has 1 aromatic rings. The summed E-state index contributed by atoms with van der Waals surface area (Å²) >= 11 is 11.6. The van der Waals surface area contributed by atoms with Crippen molar-refractivity contribution in [3.8, 4) is 0 Å². The molecular formula is C11H14BrClOS. The Morgan fingerprint density at radius 3 is 2.73 bits per heavy atom. The molecule has 0 N–H and O–H groups in total. The Bertz CT molecular complexity index is 330. The highest BCUT2D eigenvalue weighted by atomic mass is 79.9. The minimum absolute atomic E-state index is 0.0584. The smallest absolute Gasteiger partial charge is 0.0706 e. The Morgan fingerprint density at radius 2 is 2.33 bits per heavy atom. The SMILES string of the molecule is COC1(CC(Cl)c2ccc(Br)s2)CCC1. The fourth-order valence-electron chi connectivity index (χ4n) is 1.99. The maximum Gasteiger partial charge on any atom is 0.0706 e. The molecule has 0 bridgehead atoms. The first-order valence-electron chi connectivity index (χ1n) is 5.10. The second-order valence-corrected chi connectivity index (χ2v) is 7.08. The highest BCUT2D eigenvalue weighted by molar-refractivity contribution is 9.11. The van der Waals surface area contributed by atoms with Crippen LogP contribution in [0.3, 0.4) is 0 Å². The van der Waals surface area contributed by atoms with Crippen molar-refractivity contribution in [1.29, 1.82) is 0 Å². The molecule has 15 heavy (non-hydrogen) atoms. The number of methoxy groups -OCH3 is 1. The summed E-state index contributed by atoms with van der Waals surface area (Å²) in [6.07, 6.45) is 4.50. The van der Waals surface area contributed by atoms with Crippen LogP contribution in [-0.2, 0) is 4.74 Å². The molecule has 0 radical (unpaired) electrons. The summed E-state index contributed by atoms with van der Waals surface area (Å²) in [7, 11) is 1.80. The molecule has 1 aliphatic carbocycles. The van der Waals surface area contributed by atoms with Gasteiger partial charge in [0.15, 0.2) is 0 Å². The average Bonchev–Trinajstić information content (AvgIpc) is 2.58. The fraction of sp³-hybridized carbons (Fsp3) is 0.636. The summed E-state index contributed by atoms with van der Waals surface area (Å²) in [6, 6.07) is 4.14. The Labute approximate surface area is 108 Å². The van der Waals surface area contributed by atoms with Crippen LogP contribution in [0.2, 0.25) is 0 Å². The van der Waals surface area contributed by atoms with Crippen LogP contribution in [0.15, 0.2) is 15.9 Å². The quantitative estimate of drug-likeness (QED) is 0.729. The lowest BCUT2D eigenvalue weighted by atomic mass is 9.76. The Kier molecular flexibility index (Phi) is 3.76. The van der Waals surface area contributed by atoms with Gasteiger partial charge in [0.05, 0.1) is 14.8 Å². The van der Waals surface area contributed by atoms with Crippen LogP contribution in [0, 0.1) is 0 Å². The number of ether oxygens (including phenoxy) is 1. The standard InChI is InChI=1S/C11H14BrClOS/c1-14-11(5-2-6-11)7-8(13)9-3-4-10(12)15-9/h3-4,8H,2,5-7H2,1H3. The average molecular weight is 310 g/mol.